The Bertz CT molecular complexity index is 815. The molecule has 162 valence electrons. The second kappa shape index (κ2) is 12.0. The van der Waals surface area contributed by atoms with Crippen LogP contribution in [0.5, 0.6) is 0 Å². The molecule has 0 saturated carbocycles. The first-order valence-electron chi connectivity index (χ1n) is 9.57. The number of nitrogens with one attached hydrogen (secondary N) is 3. The Morgan fingerprint density at radius 3 is 2.40 bits per heavy atom. The molecule has 0 saturated heterocycles. The molecule has 30 heavy (non-hydrogen) atoms. The van der Waals surface area contributed by atoms with Crippen LogP contribution in [-0.4, -0.2) is 57.8 Å². The number of rotatable bonds is 12. The molecule has 3 amide bonds. The predicted molar refractivity (Wildman–Crippen MR) is 116 cm³/mol. The standard InChI is InChI=1S/C20H28N6O3S/c1-30-8-7-16(18(22)27)25-20(29)17(9-13-5-3-2-4-6-13)26-19(28)15(21)10-14-11-23-12-24-14/h2-6,11-12,15-17H,7-10,21H2,1H3,(H2,22,27)(H,23,24)(H,25,29)(H,26,28)/t15-,16-,17-/m0/s1. The zero-order valence-corrected chi connectivity index (χ0v) is 17.7. The number of hydrogen-bond donors (Lipinski definition) is 5. The van der Waals surface area contributed by atoms with E-state index in [0.717, 1.165) is 5.56 Å². The zero-order valence-electron chi connectivity index (χ0n) is 16.8. The smallest absolute Gasteiger partial charge is 0.243 e. The van der Waals surface area contributed by atoms with Crippen LogP contribution in [0.1, 0.15) is 17.7 Å². The molecule has 0 unspecified atom stereocenters. The molecule has 0 radical (unpaired) electrons. The molecule has 1 aromatic carbocycles. The summed E-state index contributed by atoms with van der Waals surface area (Å²) in [6, 6.07) is 6.69. The number of carbonyl (C=O) groups is 3. The van der Waals surface area contributed by atoms with Gasteiger partial charge >= 0.3 is 0 Å². The molecule has 0 spiro atoms. The number of H-pyrrole nitrogens is 1. The number of aromatic nitrogens is 2. The number of amides is 3. The lowest BCUT2D eigenvalue weighted by molar-refractivity contribution is -0.131. The zero-order chi connectivity index (χ0) is 21.9. The van der Waals surface area contributed by atoms with Gasteiger partial charge in [0, 0.05) is 19.0 Å². The molecule has 9 nitrogen and oxygen atoms in total. The first-order chi connectivity index (χ1) is 14.4. The van der Waals surface area contributed by atoms with Crippen molar-refractivity contribution in [2.75, 3.05) is 12.0 Å². The average Bonchev–Trinajstić information content (AvgIpc) is 3.23. The van der Waals surface area contributed by atoms with Gasteiger partial charge in [-0.2, -0.15) is 11.8 Å². The van der Waals surface area contributed by atoms with Gasteiger partial charge in [0.15, 0.2) is 0 Å². The Morgan fingerprint density at radius 1 is 1.10 bits per heavy atom. The van der Waals surface area contributed by atoms with Crippen molar-refractivity contribution >= 4 is 29.5 Å². The minimum Gasteiger partial charge on any atom is -0.368 e. The normalized spacial score (nSPS) is 13.8. The van der Waals surface area contributed by atoms with Crippen LogP contribution < -0.4 is 22.1 Å². The molecule has 2 aromatic rings. The molecule has 10 heteroatoms. The number of thioether (sulfide) groups is 1. The van der Waals surface area contributed by atoms with Crippen LogP contribution in [0.2, 0.25) is 0 Å². The van der Waals surface area contributed by atoms with Crippen molar-refractivity contribution in [1.29, 1.82) is 0 Å². The summed E-state index contributed by atoms with van der Waals surface area (Å²) in [5.74, 6) is -0.909. The maximum atomic E-state index is 12.9. The minimum atomic E-state index is -0.902. The van der Waals surface area contributed by atoms with Gasteiger partial charge in [-0.3, -0.25) is 14.4 Å². The number of carbonyl (C=O) groups excluding carboxylic acids is 3. The van der Waals surface area contributed by atoms with Gasteiger partial charge in [0.1, 0.15) is 12.1 Å². The molecule has 3 atom stereocenters. The van der Waals surface area contributed by atoms with E-state index < -0.39 is 35.8 Å². The summed E-state index contributed by atoms with van der Waals surface area (Å²) in [5, 5.41) is 5.37. The van der Waals surface area contributed by atoms with Crippen molar-refractivity contribution in [3.63, 3.8) is 0 Å². The summed E-state index contributed by atoms with van der Waals surface area (Å²) in [5.41, 5.74) is 12.9. The van der Waals surface area contributed by atoms with E-state index in [0.29, 0.717) is 17.9 Å². The third-order valence-corrected chi connectivity index (χ3v) is 5.15. The van der Waals surface area contributed by atoms with Crippen molar-refractivity contribution in [2.45, 2.75) is 37.4 Å². The fraction of sp³-hybridized carbons (Fsp3) is 0.400. The summed E-state index contributed by atoms with van der Waals surface area (Å²) >= 11 is 1.55. The quantitative estimate of drug-likeness (QED) is 0.311. The van der Waals surface area contributed by atoms with Gasteiger partial charge in [-0.1, -0.05) is 30.3 Å². The van der Waals surface area contributed by atoms with E-state index in [1.807, 2.05) is 36.6 Å². The van der Waals surface area contributed by atoms with Crippen LogP contribution in [0.25, 0.3) is 0 Å². The Morgan fingerprint density at radius 2 is 1.80 bits per heavy atom. The fourth-order valence-corrected chi connectivity index (χ4v) is 3.32. The molecule has 0 aliphatic rings. The predicted octanol–water partition coefficient (Wildman–Crippen LogP) is -0.270. The topological polar surface area (TPSA) is 156 Å². The Hall–Kier alpha value is -2.85. The first-order valence-corrected chi connectivity index (χ1v) is 11.0. The summed E-state index contributed by atoms with van der Waals surface area (Å²) in [6.45, 7) is 0. The van der Waals surface area contributed by atoms with Gasteiger partial charge < -0.3 is 27.1 Å². The van der Waals surface area contributed by atoms with Crippen molar-refractivity contribution in [3.8, 4) is 0 Å². The summed E-state index contributed by atoms with van der Waals surface area (Å²) in [6.07, 6.45) is 5.95. The van der Waals surface area contributed by atoms with Crippen LogP contribution >= 0.6 is 11.8 Å². The summed E-state index contributed by atoms with van der Waals surface area (Å²) in [7, 11) is 0. The Kier molecular flexibility index (Phi) is 9.36. The van der Waals surface area contributed by atoms with Gasteiger partial charge in [0.05, 0.1) is 18.1 Å². The summed E-state index contributed by atoms with van der Waals surface area (Å²) in [4.78, 5) is 44.1. The average molecular weight is 433 g/mol. The molecular weight excluding hydrogens is 404 g/mol. The maximum Gasteiger partial charge on any atom is 0.243 e. The van der Waals surface area contributed by atoms with E-state index in [1.54, 1.807) is 18.0 Å². The molecule has 1 heterocycles. The third kappa shape index (κ3) is 7.53. The number of hydrogen-bond acceptors (Lipinski definition) is 6. The largest absolute Gasteiger partial charge is 0.368 e. The van der Waals surface area contributed by atoms with Gasteiger partial charge in [-0.25, -0.2) is 4.98 Å². The number of aromatic amines is 1. The number of nitrogens with two attached hydrogens (primary N) is 2. The van der Waals surface area contributed by atoms with Gasteiger partial charge in [-0.05, 0) is 24.0 Å². The second-order valence-electron chi connectivity index (χ2n) is 6.87. The highest BCUT2D eigenvalue weighted by atomic mass is 32.2. The van der Waals surface area contributed by atoms with Gasteiger partial charge in [-0.15, -0.1) is 0 Å². The third-order valence-electron chi connectivity index (χ3n) is 4.51. The molecule has 0 bridgehead atoms. The fourth-order valence-electron chi connectivity index (χ4n) is 2.85. The molecule has 0 aliphatic carbocycles. The van der Waals surface area contributed by atoms with Crippen molar-refractivity contribution in [2.24, 2.45) is 11.5 Å². The van der Waals surface area contributed by atoms with E-state index in [-0.39, 0.29) is 12.8 Å². The van der Waals surface area contributed by atoms with E-state index in [9.17, 15) is 14.4 Å². The summed E-state index contributed by atoms with van der Waals surface area (Å²) < 4.78 is 0. The monoisotopic (exact) mass is 432 g/mol. The van der Waals surface area contributed by atoms with Crippen LogP contribution in [0, 0.1) is 0 Å². The molecule has 7 N–H and O–H groups in total. The van der Waals surface area contributed by atoms with E-state index >= 15 is 0 Å². The lowest BCUT2D eigenvalue weighted by Crippen LogP contribution is -2.56. The number of benzene rings is 1. The minimum absolute atomic E-state index is 0.229. The van der Waals surface area contributed by atoms with Crippen molar-refractivity contribution in [3.05, 3.63) is 54.1 Å². The van der Waals surface area contributed by atoms with Gasteiger partial charge in [0.2, 0.25) is 17.7 Å². The van der Waals surface area contributed by atoms with E-state index in [4.69, 9.17) is 11.5 Å². The molecule has 0 aliphatic heterocycles. The van der Waals surface area contributed by atoms with E-state index in [2.05, 4.69) is 20.6 Å². The molecule has 0 fully saturated rings. The van der Waals surface area contributed by atoms with Crippen molar-refractivity contribution in [1.82, 2.24) is 20.6 Å². The maximum absolute atomic E-state index is 12.9. The number of nitrogens with zero attached hydrogens (tertiary/aromatic N) is 1. The first kappa shape index (κ1) is 23.4. The molecule has 2 rings (SSSR count). The van der Waals surface area contributed by atoms with E-state index in [1.165, 1.54) is 6.33 Å². The number of imidazole rings is 1. The Balaban J connectivity index is 2.09. The van der Waals surface area contributed by atoms with Crippen LogP contribution in [0.3, 0.4) is 0 Å². The van der Waals surface area contributed by atoms with Crippen LogP contribution in [0.15, 0.2) is 42.9 Å². The number of primary amides is 1. The second-order valence-corrected chi connectivity index (χ2v) is 7.85. The Labute approximate surface area is 179 Å². The highest BCUT2D eigenvalue weighted by Gasteiger charge is 2.27. The lowest BCUT2D eigenvalue weighted by Gasteiger charge is -2.23. The molecule has 1 aromatic heterocycles. The lowest BCUT2D eigenvalue weighted by atomic mass is 10.0. The highest BCUT2D eigenvalue weighted by Crippen LogP contribution is 2.07. The molecular formula is C20H28N6O3S. The highest BCUT2D eigenvalue weighted by molar-refractivity contribution is 7.98. The SMILES string of the molecule is CSCC[C@H](NC(=O)[C@H](Cc1ccccc1)NC(=O)[C@@H](N)Cc1c[nH]cn1)C(N)=O. The van der Waals surface area contributed by atoms with Gasteiger partial charge in [0.25, 0.3) is 0 Å². The van der Waals surface area contributed by atoms with Crippen LogP contribution in [0.4, 0.5) is 0 Å². The van der Waals surface area contributed by atoms with Crippen LogP contribution in [-0.2, 0) is 27.2 Å². The van der Waals surface area contributed by atoms with Crippen molar-refractivity contribution < 1.29 is 14.4 Å².